The van der Waals surface area contributed by atoms with Gasteiger partial charge >= 0.3 is 5.97 Å². The number of anilines is 1. The molecule has 9 heteroatoms. The molecule has 144 valence electrons. The Morgan fingerprint density at radius 3 is 2.50 bits per heavy atom. The van der Waals surface area contributed by atoms with Gasteiger partial charge in [-0.05, 0) is 31.0 Å². The number of ether oxygens (including phenoxy) is 2. The first-order valence-electron chi connectivity index (χ1n) is 8.52. The number of methoxy groups -OCH3 is 1. The van der Waals surface area contributed by atoms with E-state index in [0.29, 0.717) is 18.8 Å². The molecule has 1 fully saturated rings. The summed E-state index contributed by atoms with van der Waals surface area (Å²) in [7, 11) is -2.22. The molecule has 1 aliphatic heterocycles. The number of nitrogens with one attached hydrogen (secondary N) is 1. The van der Waals surface area contributed by atoms with Crippen LogP contribution in [-0.2, 0) is 24.3 Å². The highest BCUT2D eigenvalue weighted by Gasteiger charge is 2.27. The third-order valence-electron chi connectivity index (χ3n) is 4.05. The van der Waals surface area contributed by atoms with Gasteiger partial charge in [0, 0.05) is 19.5 Å². The van der Waals surface area contributed by atoms with E-state index in [2.05, 4.69) is 5.32 Å². The molecule has 26 heavy (non-hydrogen) atoms. The van der Waals surface area contributed by atoms with Crippen molar-refractivity contribution >= 4 is 27.6 Å². The van der Waals surface area contributed by atoms with Crippen molar-refractivity contribution in [1.82, 2.24) is 4.31 Å². The van der Waals surface area contributed by atoms with Crippen LogP contribution in [0, 0.1) is 0 Å². The van der Waals surface area contributed by atoms with Gasteiger partial charge in [-0.3, -0.25) is 9.59 Å². The number of sulfonamides is 1. The minimum atomic E-state index is -3.63. The smallest absolute Gasteiger partial charge is 0.306 e. The van der Waals surface area contributed by atoms with E-state index in [0.717, 1.165) is 19.3 Å². The summed E-state index contributed by atoms with van der Waals surface area (Å²) in [5, 5.41) is 2.53. The number of carbonyl (C=O) groups excluding carboxylic acids is 2. The molecule has 1 N–H and O–H groups in total. The zero-order valence-corrected chi connectivity index (χ0v) is 15.8. The van der Waals surface area contributed by atoms with Crippen LogP contribution in [0.15, 0.2) is 23.1 Å². The standard InChI is InChI=1S/C17H24N2O6S/c1-3-17(21)25-12-16(20)18-14-11-13(7-8-15(14)24-2)26(22,23)19-9-5-4-6-10-19/h7-8,11H,3-6,9-10,12H2,1-2H3,(H,18,20). The number of rotatable bonds is 7. The van der Waals surface area contributed by atoms with Gasteiger partial charge in [-0.25, -0.2) is 8.42 Å². The highest BCUT2D eigenvalue weighted by Crippen LogP contribution is 2.29. The van der Waals surface area contributed by atoms with E-state index in [1.54, 1.807) is 6.92 Å². The molecule has 1 saturated heterocycles. The fourth-order valence-electron chi connectivity index (χ4n) is 2.63. The summed E-state index contributed by atoms with van der Waals surface area (Å²) in [5.41, 5.74) is 0.211. The molecular weight excluding hydrogens is 360 g/mol. The zero-order chi connectivity index (χ0) is 19.2. The van der Waals surface area contributed by atoms with Gasteiger partial charge in [-0.15, -0.1) is 0 Å². The maximum absolute atomic E-state index is 12.8. The fraction of sp³-hybridized carbons (Fsp3) is 0.529. The van der Waals surface area contributed by atoms with Gasteiger partial charge in [-0.2, -0.15) is 4.31 Å². The summed E-state index contributed by atoms with van der Waals surface area (Å²) >= 11 is 0. The fourth-order valence-corrected chi connectivity index (χ4v) is 4.18. The van der Waals surface area contributed by atoms with Crippen LogP contribution in [-0.4, -0.2) is 51.4 Å². The summed E-state index contributed by atoms with van der Waals surface area (Å²) < 4.78 is 37.0. The van der Waals surface area contributed by atoms with Crippen LogP contribution in [0.2, 0.25) is 0 Å². The van der Waals surface area contributed by atoms with E-state index in [9.17, 15) is 18.0 Å². The average molecular weight is 384 g/mol. The molecule has 0 bridgehead atoms. The lowest BCUT2D eigenvalue weighted by molar-refractivity contribution is -0.146. The molecule has 8 nitrogen and oxygen atoms in total. The molecule has 1 aliphatic rings. The maximum Gasteiger partial charge on any atom is 0.306 e. The number of esters is 1. The first-order chi connectivity index (χ1) is 12.4. The van der Waals surface area contributed by atoms with Crippen LogP contribution in [0.25, 0.3) is 0 Å². The van der Waals surface area contributed by atoms with Crippen molar-refractivity contribution in [3.8, 4) is 5.75 Å². The quantitative estimate of drug-likeness (QED) is 0.719. The Hall–Kier alpha value is -2.13. The Bertz CT molecular complexity index is 757. The SMILES string of the molecule is CCC(=O)OCC(=O)Nc1cc(S(=O)(=O)N2CCCCC2)ccc1OC. The lowest BCUT2D eigenvalue weighted by atomic mass is 10.2. The predicted molar refractivity (Wildman–Crippen MR) is 95.5 cm³/mol. The Morgan fingerprint density at radius 1 is 1.19 bits per heavy atom. The van der Waals surface area contributed by atoms with Crippen molar-refractivity contribution in [2.24, 2.45) is 0 Å². The lowest BCUT2D eigenvalue weighted by Crippen LogP contribution is -2.35. The van der Waals surface area contributed by atoms with Gasteiger partial charge in [0.15, 0.2) is 6.61 Å². The number of hydrogen-bond donors (Lipinski definition) is 1. The molecule has 1 aromatic rings. The molecule has 1 amide bonds. The molecule has 0 aromatic heterocycles. The van der Waals surface area contributed by atoms with Crippen LogP contribution in [0.5, 0.6) is 5.75 Å². The predicted octanol–water partition coefficient (Wildman–Crippen LogP) is 1.76. The summed E-state index contributed by atoms with van der Waals surface area (Å²) in [5.74, 6) is -0.746. The normalized spacial score (nSPS) is 15.3. The second-order valence-corrected chi connectivity index (χ2v) is 7.83. The highest BCUT2D eigenvalue weighted by molar-refractivity contribution is 7.89. The van der Waals surface area contributed by atoms with Crippen molar-refractivity contribution in [2.45, 2.75) is 37.5 Å². The summed E-state index contributed by atoms with van der Waals surface area (Å²) in [6, 6.07) is 4.31. The number of piperidine rings is 1. The van der Waals surface area contributed by atoms with E-state index in [1.807, 2.05) is 0 Å². The first kappa shape index (κ1) is 20.2. The molecule has 0 radical (unpaired) electrons. The maximum atomic E-state index is 12.8. The Kier molecular flexibility index (Phi) is 6.98. The van der Waals surface area contributed by atoms with Gasteiger partial charge in [0.05, 0.1) is 17.7 Å². The number of carbonyl (C=O) groups is 2. The van der Waals surface area contributed by atoms with Crippen molar-refractivity contribution in [2.75, 3.05) is 32.1 Å². The second-order valence-electron chi connectivity index (χ2n) is 5.89. The summed E-state index contributed by atoms with van der Waals surface area (Å²) in [4.78, 5) is 23.2. The topological polar surface area (TPSA) is 102 Å². The summed E-state index contributed by atoms with van der Waals surface area (Å²) in [6.45, 7) is 2.16. The number of nitrogens with zero attached hydrogens (tertiary/aromatic N) is 1. The largest absolute Gasteiger partial charge is 0.495 e. The number of amides is 1. The van der Waals surface area contributed by atoms with E-state index in [1.165, 1.54) is 29.6 Å². The number of hydrogen-bond acceptors (Lipinski definition) is 6. The molecule has 0 spiro atoms. The first-order valence-corrected chi connectivity index (χ1v) is 9.96. The van der Waals surface area contributed by atoms with Crippen LogP contribution in [0.3, 0.4) is 0 Å². The van der Waals surface area contributed by atoms with Crippen molar-refractivity contribution in [3.05, 3.63) is 18.2 Å². The van der Waals surface area contributed by atoms with Gasteiger partial charge in [-0.1, -0.05) is 13.3 Å². The molecule has 0 unspecified atom stereocenters. The molecule has 0 aliphatic carbocycles. The minimum absolute atomic E-state index is 0.0843. The Balaban J connectivity index is 2.19. The minimum Gasteiger partial charge on any atom is -0.495 e. The average Bonchev–Trinajstić information content (AvgIpc) is 2.66. The van der Waals surface area contributed by atoms with Crippen LogP contribution < -0.4 is 10.1 Å². The molecule has 0 saturated carbocycles. The number of benzene rings is 1. The Morgan fingerprint density at radius 2 is 1.88 bits per heavy atom. The third kappa shape index (κ3) is 4.95. The lowest BCUT2D eigenvalue weighted by Gasteiger charge is -2.26. The van der Waals surface area contributed by atoms with Gasteiger partial charge in [0.25, 0.3) is 5.91 Å². The van der Waals surface area contributed by atoms with Gasteiger partial charge < -0.3 is 14.8 Å². The second kappa shape index (κ2) is 9.00. The van der Waals surface area contributed by atoms with Gasteiger partial charge in [0.2, 0.25) is 10.0 Å². The van der Waals surface area contributed by atoms with Crippen molar-refractivity contribution < 1.29 is 27.5 Å². The molecule has 1 heterocycles. The third-order valence-corrected chi connectivity index (χ3v) is 5.95. The summed E-state index contributed by atoms with van der Waals surface area (Å²) in [6.07, 6.45) is 2.86. The van der Waals surface area contributed by atoms with E-state index >= 15 is 0 Å². The van der Waals surface area contributed by atoms with Crippen LogP contribution >= 0.6 is 0 Å². The molecule has 1 aromatic carbocycles. The molecule has 2 rings (SSSR count). The molecular formula is C17H24N2O6S. The highest BCUT2D eigenvalue weighted by atomic mass is 32.2. The zero-order valence-electron chi connectivity index (χ0n) is 15.0. The van der Waals surface area contributed by atoms with E-state index in [4.69, 9.17) is 9.47 Å². The van der Waals surface area contributed by atoms with Crippen molar-refractivity contribution in [1.29, 1.82) is 0 Å². The molecule has 0 atom stereocenters. The van der Waals surface area contributed by atoms with E-state index in [-0.39, 0.29) is 17.0 Å². The van der Waals surface area contributed by atoms with Gasteiger partial charge in [0.1, 0.15) is 5.75 Å². The monoisotopic (exact) mass is 384 g/mol. The van der Waals surface area contributed by atoms with E-state index < -0.39 is 28.5 Å². The van der Waals surface area contributed by atoms with Crippen LogP contribution in [0.1, 0.15) is 32.6 Å². The van der Waals surface area contributed by atoms with Crippen molar-refractivity contribution in [3.63, 3.8) is 0 Å². The van der Waals surface area contributed by atoms with Crippen LogP contribution in [0.4, 0.5) is 5.69 Å². The Labute approximate surface area is 153 Å².